The molecule has 0 aromatic heterocycles. The van der Waals surface area contributed by atoms with Crippen LogP contribution in [-0.2, 0) is 0 Å². The summed E-state index contributed by atoms with van der Waals surface area (Å²) >= 11 is 0. The lowest BCUT2D eigenvalue weighted by atomic mass is 9.73. The van der Waals surface area contributed by atoms with Crippen LogP contribution in [0.2, 0.25) is 0 Å². The number of hydrogen-bond donors (Lipinski definition) is 1. The highest BCUT2D eigenvalue weighted by atomic mass is 15.2. The SMILES string of the molecule is CC1=CC2C=CC(C3C=C(c4ccc5cc(C)ccc5c4)CC(C4=NC(c5cccc(-c6cccc(C)c6)c5)N=C(c5cccc(-c6cccc(C)c6)c5)N4)C3)=CC2C=C1. The van der Waals surface area contributed by atoms with Crippen molar-refractivity contribution in [3.8, 4) is 22.3 Å². The Morgan fingerprint density at radius 3 is 1.93 bits per heavy atom. The van der Waals surface area contributed by atoms with Crippen molar-refractivity contribution in [2.75, 3.05) is 0 Å². The zero-order chi connectivity index (χ0) is 40.7. The fraction of sp³-hybridized carbons (Fsp3) is 0.193. The van der Waals surface area contributed by atoms with E-state index < -0.39 is 6.17 Å². The third-order valence-electron chi connectivity index (χ3n) is 12.7. The van der Waals surface area contributed by atoms with E-state index in [9.17, 15) is 0 Å². The number of aliphatic imine (C=N–C) groups is 2. The molecule has 6 aromatic rings. The first-order chi connectivity index (χ1) is 29.3. The second-order valence-corrected chi connectivity index (χ2v) is 17.4. The van der Waals surface area contributed by atoms with E-state index in [4.69, 9.17) is 9.98 Å². The molecule has 0 radical (unpaired) electrons. The molecule has 3 nitrogen and oxygen atoms in total. The van der Waals surface area contributed by atoms with Crippen LogP contribution in [0.25, 0.3) is 38.6 Å². The Bertz CT molecular complexity index is 2880. The van der Waals surface area contributed by atoms with Gasteiger partial charge in [0.2, 0.25) is 0 Å². The van der Waals surface area contributed by atoms with E-state index in [-0.39, 0.29) is 11.8 Å². The Morgan fingerprint density at radius 1 is 0.517 bits per heavy atom. The number of rotatable bonds is 7. The number of allylic oxidation sites excluding steroid dienone is 10. The average Bonchev–Trinajstić information content (AvgIpc) is 3.28. The summed E-state index contributed by atoms with van der Waals surface area (Å²) in [6.07, 6.45) is 18.4. The van der Waals surface area contributed by atoms with E-state index in [0.29, 0.717) is 11.8 Å². The van der Waals surface area contributed by atoms with Crippen LogP contribution in [0.5, 0.6) is 0 Å². The molecule has 10 rings (SSSR count). The van der Waals surface area contributed by atoms with E-state index in [2.05, 4.69) is 209 Å². The summed E-state index contributed by atoms with van der Waals surface area (Å²) in [5, 5.41) is 6.44. The monoisotopic (exact) mass is 777 g/mol. The lowest BCUT2D eigenvalue weighted by molar-refractivity contribution is 0.520. The maximum Gasteiger partial charge on any atom is 0.169 e. The standard InChI is InChI=1S/C57H51N3/c1-36-9-5-11-40(25-36)42-13-7-15-50(31-42)55-58-56(51-16-8-14-43(32-51)41-12-6-10-37(2)26-41)60-57(59-55)54-34-52(48-23-21-44-27-38(3)17-19-46(44)29-48)33-53(35-54)49-24-22-45-28-39(4)18-20-47(45)30-49/h5-33,44,46,52,54-55H,34-35H2,1-4H3,(H,58,59,60). The molecule has 6 aromatic carbocycles. The maximum absolute atomic E-state index is 5.57. The predicted octanol–water partition coefficient (Wildman–Crippen LogP) is 13.9. The largest absolute Gasteiger partial charge is 0.328 e. The Hall–Kier alpha value is -6.58. The van der Waals surface area contributed by atoms with Gasteiger partial charge in [0, 0.05) is 29.2 Å². The van der Waals surface area contributed by atoms with Gasteiger partial charge in [-0.25, -0.2) is 9.98 Å². The van der Waals surface area contributed by atoms with Crippen molar-refractivity contribution in [2.24, 2.45) is 33.7 Å². The third kappa shape index (κ3) is 7.80. The number of nitrogens with zero attached hydrogens (tertiary/aromatic N) is 2. The molecule has 1 N–H and O–H groups in total. The fourth-order valence-corrected chi connectivity index (χ4v) is 9.56. The van der Waals surface area contributed by atoms with Gasteiger partial charge in [-0.3, -0.25) is 0 Å². The van der Waals surface area contributed by atoms with Gasteiger partial charge < -0.3 is 5.32 Å². The normalized spacial score (nSPS) is 22.2. The first kappa shape index (κ1) is 37.7. The molecule has 0 fully saturated rings. The van der Waals surface area contributed by atoms with Crippen LogP contribution in [0.1, 0.15) is 59.3 Å². The van der Waals surface area contributed by atoms with Gasteiger partial charge in [0.15, 0.2) is 6.17 Å². The Kier molecular flexibility index (Phi) is 9.97. The molecule has 0 bridgehead atoms. The maximum atomic E-state index is 5.57. The first-order valence-corrected chi connectivity index (χ1v) is 21.5. The van der Waals surface area contributed by atoms with E-state index in [0.717, 1.165) is 35.6 Å². The molecule has 60 heavy (non-hydrogen) atoms. The van der Waals surface area contributed by atoms with Crippen molar-refractivity contribution in [1.82, 2.24) is 5.32 Å². The smallest absolute Gasteiger partial charge is 0.169 e. The van der Waals surface area contributed by atoms with Crippen molar-refractivity contribution >= 4 is 28.0 Å². The van der Waals surface area contributed by atoms with Crippen molar-refractivity contribution in [2.45, 2.75) is 46.7 Å². The van der Waals surface area contributed by atoms with Gasteiger partial charge in [-0.2, -0.15) is 0 Å². The molecule has 0 spiro atoms. The number of amidine groups is 2. The van der Waals surface area contributed by atoms with Crippen molar-refractivity contribution in [1.29, 1.82) is 0 Å². The van der Waals surface area contributed by atoms with Gasteiger partial charge in [-0.05, 0) is 114 Å². The lowest BCUT2D eigenvalue weighted by Crippen LogP contribution is -2.41. The number of fused-ring (bicyclic) bond motifs is 2. The molecule has 0 saturated heterocycles. The molecule has 3 heteroatoms. The summed E-state index contributed by atoms with van der Waals surface area (Å²) in [4.78, 5) is 11.0. The first-order valence-electron chi connectivity index (χ1n) is 21.5. The number of benzene rings is 6. The molecule has 1 aliphatic heterocycles. The summed E-state index contributed by atoms with van der Waals surface area (Å²) in [6.45, 7) is 8.67. The molecule has 3 aliphatic carbocycles. The van der Waals surface area contributed by atoms with E-state index in [1.165, 1.54) is 72.0 Å². The summed E-state index contributed by atoms with van der Waals surface area (Å²) in [7, 11) is 0. The number of hydrogen-bond acceptors (Lipinski definition) is 3. The van der Waals surface area contributed by atoms with Crippen molar-refractivity contribution in [3.05, 3.63) is 221 Å². The van der Waals surface area contributed by atoms with Crippen molar-refractivity contribution < 1.29 is 0 Å². The summed E-state index contributed by atoms with van der Waals surface area (Å²) in [5.41, 5.74) is 16.1. The molecular formula is C57H51N3. The van der Waals surface area contributed by atoms with Crippen LogP contribution in [0.3, 0.4) is 0 Å². The predicted molar refractivity (Wildman–Crippen MR) is 253 cm³/mol. The molecular weight excluding hydrogens is 727 g/mol. The minimum atomic E-state index is -0.391. The highest BCUT2D eigenvalue weighted by Gasteiger charge is 2.33. The summed E-state index contributed by atoms with van der Waals surface area (Å²) in [6, 6.07) is 48.9. The van der Waals surface area contributed by atoms with Gasteiger partial charge in [-0.15, -0.1) is 0 Å². The van der Waals surface area contributed by atoms with Gasteiger partial charge in [0.05, 0.1) is 0 Å². The third-order valence-corrected chi connectivity index (χ3v) is 12.7. The summed E-state index contributed by atoms with van der Waals surface area (Å²) in [5.74, 6) is 3.05. The second kappa shape index (κ2) is 15.9. The highest BCUT2D eigenvalue weighted by Crippen LogP contribution is 2.43. The molecule has 4 aliphatic rings. The highest BCUT2D eigenvalue weighted by molar-refractivity contribution is 6.12. The molecule has 0 amide bonds. The Balaban J connectivity index is 1.06. The van der Waals surface area contributed by atoms with Gasteiger partial charge >= 0.3 is 0 Å². The van der Waals surface area contributed by atoms with Gasteiger partial charge in [0.25, 0.3) is 0 Å². The van der Waals surface area contributed by atoms with Crippen LogP contribution in [0.4, 0.5) is 0 Å². The topological polar surface area (TPSA) is 36.8 Å². The summed E-state index contributed by atoms with van der Waals surface area (Å²) < 4.78 is 0. The zero-order valence-electron chi connectivity index (χ0n) is 34.9. The van der Waals surface area contributed by atoms with Crippen LogP contribution in [-0.4, -0.2) is 11.7 Å². The van der Waals surface area contributed by atoms with Crippen LogP contribution in [0.15, 0.2) is 197 Å². The molecule has 5 unspecified atom stereocenters. The Labute approximate surface area is 355 Å². The minimum Gasteiger partial charge on any atom is -0.328 e. The molecule has 294 valence electrons. The fourth-order valence-electron chi connectivity index (χ4n) is 9.56. The van der Waals surface area contributed by atoms with Crippen LogP contribution in [0, 0.1) is 44.4 Å². The van der Waals surface area contributed by atoms with Gasteiger partial charge in [0.1, 0.15) is 11.7 Å². The zero-order valence-corrected chi connectivity index (χ0v) is 34.9. The van der Waals surface area contributed by atoms with Gasteiger partial charge in [-0.1, -0.05) is 180 Å². The molecule has 0 saturated carbocycles. The molecule has 1 heterocycles. The second-order valence-electron chi connectivity index (χ2n) is 17.4. The quantitative estimate of drug-likeness (QED) is 0.172. The number of aryl methyl sites for hydroxylation is 3. The van der Waals surface area contributed by atoms with E-state index in [1.54, 1.807) is 0 Å². The number of nitrogens with one attached hydrogen (secondary N) is 1. The van der Waals surface area contributed by atoms with E-state index in [1.807, 2.05) is 0 Å². The van der Waals surface area contributed by atoms with Crippen LogP contribution >= 0.6 is 0 Å². The lowest BCUT2D eigenvalue weighted by Gasteiger charge is -2.35. The van der Waals surface area contributed by atoms with Crippen LogP contribution < -0.4 is 5.32 Å². The average molecular weight is 778 g/mol. The Morgan fingerprint density at radius 2 is 1.15 bits per heavy atom. The molecule has 5 atom stereocenters. The minimum absolute atomic E-state index is 0.146. The van der Waals surface area contributed by atoms with Crippen molar-refractivity contribution in [3.63, 3.8) is 0 Å². The van der Waals surface area contributed by atoms with E-state index >= 15 is 0 Å².